The number of amides is 2. The van der Waals surface area contributed by atoms with Crippen molar-refractivity contribution in [3.8, 4) is 5.75 Å². The first kappa shape index (κ1) is 21.7. The normalized spacial score (nSPS) is 13.5. The van der Waals surface area contributed by atoms with E-state index in [0.29, 0.717) is 0 Å². The maximum absolute atomic E-state index is 13.0. The molecule has 2 N–H and O–H groups in total. The van der Waals surface area contributed by atoms with Crippen LogP contribution in [0.15, 0.2) is 41.8 Å². The minimum atomic E-state index is -4.52. The lowest BCUT2D eigenvalue weighted by molar-refractivity contribution is -0.139. The molecule has 0 aliphatic carbocycles. The van der Waals surface area contributed by atoms with Crippen LogP contribution in [0, 0.1) is 0 Å². The standard InChI is InChI=1S/C19H21F3N2O3S/c1-12(11-27-16-7-4-3-6-14(16)19(20,21)22)23-18(26)10-15(24-13(2)25)17-8-5-9-28-17/h3-9,12,15H,10-11H2,1-2H3,(H,23,26)(H,24,25). The van der Waals surface area contributed by atoms with Gasteiger partial charge in [-0.3, -0.25) is 9.59 Å². The minimum Gasteiger partial charge on any atom is -0.491 e. The Labute approximate surface area is 164 Å². The molecule has 2 atom stereocenters. The molecule has 5 nitrogen and oxygen atoms in total. The fourth-order valence-corrected chi connectivity index (χ4v) is 3.34. The van der Waals surface area contributed by atoms with Gasteiger partial charge in [0.1, 0.15) is 12.4 Å². The minimum absolute atomic E-state index is 0.0174. The molecule has 0 aliphatic heterocycles. The van der Waals surface area contributed by atoms with Crippen LogP contribution in [0.2, 0.25) is 0 Å². The van der Waals surface area contributed by atoms with Crippen molar-refractivity contribution >= 4 is 23.2 Å². The number of hydrogen-bond donors (Lipinski definition) is 2. The molecule has 2 rings (SSSR count). The van der Waals surface area contributed by atoms with E-state index in [0.717, 1.165) is 10.9 Å². The number of ether oxygens (including phenoxy) is 1. The van der Waals surface area contributed by atoms with E-state index in [4.69, 9.17) is 4.74 Å². The number of rotatable bonds is 8. The van der Waals surface area contributed by atoms with Gasteiger partial charge >= 0.3 is 6.18 Å². The molecule has 0 saturated carbocycles. The SMILES string of the molecule is CC(=O)NC(CC(=O)NC(C)COc1ccccc1C(F)(F)F)c1cccs1. The van der Waals surface area contributed by atoms with Gasteiger partial charge in [-0.25, -0.2) is 0 Å². The number of para-hydroxylation sites is 1. The van der Waals surface area contributed by atoms with Gasteiger partial charge in [0, 0.05) is 11.8 Å². The van der Waals surface area contributed by atoms with E-state index in [1.54, 1.807) is 6.92 Å². The van der Waals surface area contributed by atoms with Crippen molar-refractivity contribution in [2.75, 3.05) is 6.61 Å². The Morgan fingerprint density at radius 3 is 2.46 bits per heavy atom. The highest BCUT2D eigenvalue weighted by Crippen LogP contribution is 2.35. The maximum Gasteiger partial charge on any atom is 0.419 e. The highest BCUT2D eigenvalue weighted by Gasteiger charge is 2.34. The van der Waals surface area contributed by atoms with E-state index in [2.05, 4.69) is 10.6 Å². The highest BCUT2D eigenvalue weighted by atomic mass is 32.1. The molecule has 1 aromatic carbocycles. The largest absolute Gasteiger partial charge is 0.491 e. The topological polar surface area (TPSA) is 67.4 Å². The van der Waals surface area contributed by atoms with Crippen LogP contribution in [-0.2, 0) is 15.8 Å². The van der Waals surface area contributed by atoms with Gasteiger partial charge < -0.3 is 15.4 Å². The third kappa shape index (κ3) is 6.56. The van der Waals surface area contributed by atoms with Gasteiger partial charge in [0.25, 0.3) is 0 Å². The number of hydrogen-bond acceptors (Lipinski definition) is 4. The lowest BCUT2D eigenvalue weighted by atomic mass is 10.1. The molecule has 9 heteroatoms. The van der Waals surface area contributed by atoms with Crippen LogP contribution >= 0.6 is 11.3 Å². The number of carbonyl (C=O) groups is 2. The summed E-state index contributed by atoms with van der Waals surface area (Å²) in [7, 11) is 0. The predicted octanol–water partition coefficient (Wildman–Crippen LogP) is 3.92. The summed E-state index contributed by atoms with van der Waals surface area (Å²) >= 11 is 1.42. The molecule has 0 saturated heterocycles. The monoisotopic (exact) mass is 414 g/mol. The van der Waals surface area contributed by atoms with Gasteiger partial charge in [0.05, 0.1) is 24.1 Å². The second-order valence-corrected chi connectivity index (χ2v) is 7.23. The Morgan fingerprint density at radius 2 is 1.86 bits per heavy atom. The van der Waals surface area contributed by atoms with Crippen molar-refractivity contribution in [1.82, 2.24) is 10.6 Å². The zero-order valence-corrected chi connectivity index (χ0v) is 16.2. The Balaban J connectivity index is 1.91. The number of halogens is 3. The average molecular weight is 414 g/mol. The zero-order chi connectivity index (χ0) is 20.7. The second kappa shape index (κ2) is 9.59. The highest BCUT2D eigenvalue weighted by molar-refractivity contribution is 7.10. The fraction of sp³-hybridized carbons (Fsp3) is 0.368. The number of thiophene rings is 1. The molecule has 1 heterocycles. The molecule has 0 aliphatic rings. The van der Waals surface area contributed by atoms with E-state index >= 15 is 0 Å². The first-order valence-electron chi connectivity index (χ1n) is 8.55. The number of alkyl halides is 3. The van der Waals surface area contributed by atoms with E-state index < -0.39 is 23.8 Å². The molecule has 2 aromatic rings. The van der Waals surface area contributed by atoms with Crippen molar-refractivity contribution in [3.05, 3.63) is 52.2 Å². The Bertz CT molecular complexity index is 794. The van der Waals surface area contributed by atoms with Crippen LogP contribution in [0.1, 0.15) is 36.8 Å². The lowest BCUT2D eigenvalue weighted by Crippen LogP contribution is -2.39. The molecule has 1 aromatic heterocycles. The first-order chi connectivity index (χ1) is 13.2. The van der Waals surface area contributed by atoms with Gasteiger partial charge in [0.15, 0.2) is 0 Å². The van der Waals surface area contributed by atoms with E-state index in [-0.39, 0.29) is 30.6 Å². The van der Waals surface area contributed by atoms with E-state index in [1.165, 1.54) is 36.5 Å². The summed E-state index contributed by atoms with van der Waals surface area (Å²) in [6.45, 7) is 2.88. The van der Waals surface area contributed by atoms with Crippen molar-refractivity contribution in [2.24, 2.45) is 0 Å². The van der Waals surface area contributed by atoms with Crippen LogP contribution in [0.3, 0.4) is 0 Å². The lowest BCUT2D eigenvalue weighted by Gasteiger charge is -2.20. The van der Waals surface area contributed by atoms with Gasteiger partial charge in [0.2, 0.25) is 11.8 Å². The summed E-state index contributed by atoms with van der Waals surface area (Å²) < 4.78 is 44.2. The van der Waals surface area contributed by atoms with Crippen LogP contribution in [-0.4, -0.2) is 24.5 Å². The third-order valence-corrected chi connectivity index (χ3v) is 4.73. The maximum atomic E-state index is 13.0. The summed E-state index contributed by atoms with van der Waals surface area (Å²) in [6, 6.07) is 7.58. The molecular formula is C19H21F3N2O3S. The molecular weight excluding hydrogens is 393 g/mol. The number of benzene rings is 1. The van der Waals surface area contributed by atoms with Crippen LogP contribution < -0.4 is 15.4 Å². The second-order valence-electron chi connectivity index (χ2n) is 6.25. The Morgan fingerprint density at radius 1 is 1.14 bits per heavy atom. The van der Waals surface area contributed by atoms with Crippen molar-refractivity contribution in [3.63, 3.8) is 0 Å². The molecule has 0 bridgehead atoms. The Kier molecular flexibility index (Phi) is 7.45. The van der Waals surface area contributed by atoms with Gasteiger partial charge in [-0.15, -0.1) is 11.3 Å². The fourth-order valence-electron chi connectivity index (χ4n) is 2.56. The summed E-state index contributed by atoms with van der Waals surface area (Å²) in [5, 5.41) is 7.25. The van der Waals surface area contributed by atoms with Crippen LogP contribution in [0.25, 0.3) is 0 Å². The summed E-state index contributed by atoms with van der Waals surface area (Å²) in [4.78, 5) is 24.5. The molecule has 28 heavy (non-hydrogen) atoms. The van der Waals surface area contributed by atoms with E-state index in [9.17, 15) is 22.8 Å². The van der Waals surface area contributed by atoms with Gasteiger partial charge in [-0.05, 0) is 30.5 Å². The quantitative estimate of drug-likeness (QED) is 0.688. The smallest absolute Gasteiger partial charge is 0.419 e. The summed E-state index contributed by atoms with van der Waals surface area (Å²) in [6.07, 6.45) is -4.50. The van der Waals surface area contributed by atoms with Crippen molar-refractivity contribution < 1.29 is 27.5 Å². The Hall–Kier alpha value is -2.55. The number of carbonyl (C=O) groups excluding carboxylic acids is 2. The summed E-state index contributed by atoms with van der Waals surface area (Å²) in [5.41, 5.74) is -0.864. The van der Waals surface area contributed by atoms with Crippen molar-refractivity contribution in [1.29, 1.82) is 0 Å². The zero-order valence-electron chi connectivity index (χ0n) is 15.4. The van der Waals surface area contributed by atoms with Crippen LogP contribution in [0.5, 0.6) is 5.75 Å². The number of nitrogens with one attached hydrogen (secondary N) is 2. The predicted molar refractivity (Wildman–Crippen MR) is 100 cm³/mol. The first-order valence-corrected chi connectivity index (χ1v) is 9.43. The molecule has 2 amide bonds. The van der Waals surface area contributed by atoms with Crippen molar-refractivity contribution in [2.45, 2.75) is 38.5 Å². The molecule has 0 radical (unpaired) electrons. The molecule has 152 valence electrons. The molecule has 0 fully saturated rings. The van der Waals surface area contributed by atoms with Gasteiger partial charge in [-0.2, -0.15) is 13.2 Å². The molecule has 2 unspecified atom stereocenters. The van der Waals surface area contributed by atoms with Gasteiger partial charge in [-0.1, -0.05) is 18.2 Å². The average Bonchev–Trinajstić information content (AvgIpc) is 3.13. The summed E-state index contributed by atoms with van der Waals surface area (Å²) in [5.74, 6) is -0.885. The van der Waals surface area contributed by atoms with Crippen LogP contribution in [0.4, 0.5) is 13.2 Å². The molecule has 0 spiro atoms. The third-order valence-electron chi connectivity index (χ3n) is 3.74. The van der Waals surface area contributed by atoms with E-state index in [1.807, 2.05) is 17.5 Å².